The zero-order valence-electron chi connectivity index (χ0n) is 14.2. The van der Waals surface area contributed by atoms with E-state index < -0.39 is 11.9 Å². The first-order chi connectivity index (χ1) is 12.9. The number of anilines is 1. The number of rotatable bonds is 4. The summed E-state index contributed by atoms with van der Waals surface area (Å²) in [6.07, 6.45) is 2.97. The van der Waals surface area contributed by atoms with Crippen LogP contribution in [0.3, 0.4) is 0 Å². The van der Waals surface area contributed by atoms with Crippen LogP contribution >= 0.6 is 11.3 Å². The number of primary amides is 2. The summed E-state index contributed by atoms with van der Waals surface area (Å²) in [5, 5.41) is 7.27. The molecule has 0 radical (unpaired) electrons. The summed E-state index contributed by atoms with van der Waals surface area (Å²) in [5.41, 5.74) is 14.5. The topological polar surface area (TPSA) is 116 Å². The van der Waals surface area contributed by atoms with Gasteiger partial charge in [-0.05, 0) is 36.1 Å². The maximum atomic E-state index is 13.4. The average molecular weight is 385 g/mol. The third-order valence-electron chi connectivity index (χ3n) is 4.52. The summed E-state index contributed by atoms with van der Waals surface area (Å²) >= 11 is 1.26. The fourth-order valence-corrected chi connectivity index (χ4v) is 4.72. The van der Waals surface area contributed by atoms with Gasteiger partial charge in [0, 0.05) is 16.1 Å². The van der Waals surface area contributed by atoms with E-state index in [2.05, 4.69) is 10.4 Å². The molecular weight excluding hydrogens is 369 g/mol. The number of nitrogens with two attached hydrogens (primary N) is 2. The van der Waals surface area contributed by atoms with E-state index in [1.165, 1.54) is 23.5 Å². The lowest BCUT2D eigenvalue weighted by Crippen LogP contribution is -2.22. The Labute approximate surface area is 157 Å². The van der Waals surface area contributed by atoms with Crippen molar-refractivity contribution in [3.8, 4) is 10.4 Å². The Balaban J connectivity index is 1.75. The zero-order valence-corrected chi connectivity index (χ0v) is 15.0. The van der Waals surface area contributed by atoms with Crippen molar-refractivity contribution in [3.63, 3.8) is 0 Å². The minimum absolute atomic E-state index is 0.290. The molecule has 0 spiro atoms. The Morgan fingerprint density at radius 3 is 2.81 bits per heavy atom. The van der Waals surface area contributed by atoms with E-state index in [-0.39, 0.29) is 5.82 Å². The molecular formula is C18H16FN5O2S. The first-order valence-corrected chi connectivity index (χ1v) is 9.07. The number of fused-ring (bicyclic) bond motifs is 3. The molecule has 27 heavy (non-hydrogen) atoms. The van der Waals surface area contributed by atoms with E-state index in [1.807, 2.05) is 10.7 Å². The molecule has 7 nitrogen and oxygen atoms in total. The van der Waals surface area contributed by atoms with Gasteiger partial charge in [-0.2, -0.15) is 5.10 Å². The van der Waals surface area contributed by atoms with Gasteiger partial charge in [-0.15, -0.1) is 11.3 Å². The number of halogens is 1. The molecule has 3 amide bonds. The Hall–Kier alpha value is -3.20. The second-order valence-corrected chi connectivity index (χ2v) is 7.28. The fourth-order valence-electron chi connectivity index (χ4n) is 3.43. The van der Waals surface area contributed by atoms with Crippen LogP contribution in [0, 0.1) is 5.82 Å². The van der Waals surface area contributed by atoms with Gasteiger partial charge in [0.2, 0.25) is 0 Å². The number of nitrogens with one attached hydrogen (secondary N) is 1. The maximum Gasteiger partial charge on any atom is 0.317 e. The van der Waals surface area contributed by atoms with Gasteiger partial charge in [-0.25, -0.2) is 9.18 Å². The Kier molecular flexibility index (Phi) is 4.15. The lowest BCUT2D eigenvalue weighted by atomic mass is 9.93. The van der Waals surface area contributed by atoms with E-state index in [1.54, 1.807) is 12.3 Å². The van der Waals surface area contributed by atoms with Gasteiger partial charge in [-0.1, -0.05) is 12.1 Å². The number of urea groups is 1. The SMILES string of the molecule is NC(=O)Nc1sc2c(c1C(N)=O)CCc1c-2cnn1Cc1cccc(F)c1. The predicted octanol–water partition coefficient (Wildman–Crippen LogP) is 2.49. The molecule has 5 N–H and O–H groups in total. The van der Waals surface area contributed by atoms with Gasteiger partial charge >= 0.3 is 6.03 Å². The van der Waals surface area contributed by atoms with Crippen LogP contribution in [0.5, 0.6) is 0 Å². The third-order valence-corrected chi connectivity index (χ3v) is 5.70. The van der Waals surface area contributed by atoms with E-state index in [9.17, 15) is 14.0 Å². The van der Waals surface area contributed by atoms with Crippen LogP contribution in [0.2, 0.25) is 0 Å². The number of hydrogen-bond acceptors (Lipinski definition) is 4. The summed E-state index contributed by atoms with van der Waals surface area (Å²) < 4.78 is 15.3. The van der Waals surface area contributed by atoms with E-state index in [0.29, 0.717) is 30.0 Å². The van der Waals surface area contributed by atoms with Gasteiger partial charge in [0.1, 0.15) is 10.8 Å². The van der Waals surface area contributed by atoms with Crippen LogP contribution in [0.1, 0.15) is 27.2 Å². The molecule has 138 valence electrons. The number of aromatic nitrogens is 2. The number of benzene rings is 1. The molecule has 1 aliphatic rings. The molecule has 0 atom stereocenters. The van der Waals surface area contributed by atoms with Gasteiger partial charge in [0.15, 0.2) is 0 Å². The van der Waals surface area contributed by atoms with Crippen molar-refractivity contribution in [3.05, 3.63) is 58.7 Å². The van der Waals surface area contributed by atoms with Crippen LogP contribution in [-0.2, 0) is 19.4 Å². The molecule has 0 unspecified atom stereocenters. The maximum absolute atomic E-state index is 13.4. The summed E-state index contributed by atoms with van der Waals surface area (Å²) in [4.78, 5) is 24.0. The lowest BCUT2D eigenvalue weighted by Gasteiger charge is -2.15. The highest BCUT2D eigenvalue weighted by Gasteiger charge is 2.29. The highest BCUT2D eigenvalue weighted by Crippen LogP contribution is 2.45. The number of carbonyl (C=O) groups is 2. The number of thiophene rings is 1. The highest BCUT2D eigenvalue weighted by atomic mass is 32.1. The summed E-state index contributed by atoms with van der Waals surface area (Å²) in [6.45, 7) is 0.447. The second kappa shape index (κ2) is 6.51. The Morgan fingerprint density at radius 2 is 2.11 bits per heavy atom. The van der Waals surface area contributed by atoms with Crippen molar-refractivity contribution in [1.29, 1.82) is 0 Å². The molecule has 2 heterocycles. The number of nitrogens with zero attached hydrogens (tertiary/aromatic N) is 2. The van der Waals surface area contributed by atoms with Crippen LogP contribution in [-0.4, -0.2) is 21.7 Å². The molecule has 3 aromatic rings. The van der Waals surface area contributed by atoms with Crippen LogP contribution in [0.15, 0.2) is 30.5 Å². The normalized spacial score (nSPS) is 12.3. The van der Waals surface area contributed by atoms with Crippen LogP contribution in [0.4, 0.5) is 14.2 Å². The lowest BCUT2D eigenvalue weighted by molar-refractivity contribution is 0.100. The quantitative estimate of drug-likeness (QED) is 0.640. The Morgan fingerprint density at radius 1 is 1.30 bits per heavy atom. The number of hydrogen-bond donors (Lipinski definition) is 3. The van der Waals surface area contributed by atoms with Crippen molar-refractivity contribution < 1.29 is 14.0 Å². The van der Waals surface area contributed by atoms with E-state index in [4.69, 9.17) is 11.5 Å². The van der Waals surface area contributed by atoms with Crippen molar-refractivity contribution in [2.24, 2.45) is 11.5 Å². The molecule has 0 fully saturated rings. The van der Waals surface area contributed by atoms with Gasteiger partial charge in [0.25, 0.3) is 5.91 Å². The van der Waals surface area contributed by atoms with Crippen LogP contribution < -0.4 is 16.8 Å². The molecule has 1 aromatic carbocycles. The molecule has 9 heteroatoms. The van der Waals surface area contributed by atoms with Crippen molar-refractivity contribution in [2.75, 3.05) is 5.32 Å². The van der Waals surface area contributed by atoms with Crippen LogP contribution in [0.25, 0.3) is 10.4 Å². The summed E-state index contributed by atoms with van der Waals surface area (Å²) in [7, 11) is 0. The minimum atomic E-state index is -0.752. The zero-order chi connectivity index (χ0) is 19.1. The van der Waals surface area contributed by atoms with Crippen molar-refractivity contribution >= 4 is 28.3 Å². The molecule has 4 rings (SSSR count). The summed E-state index contributed by atoms with van der Waals surface area (Å²) in [6, 6.07) is 5.64. The van der Waals surface area contributed by atoms with Gasteiger partial charge in [-0.3, -0.25) is 14.8 Å². The largest absolute Gasteiger partial charge is 0.365 e. The minimum Gasteiger partial charge on any atom is -0.365 e. The van der Waals surface area contributed by atoms with Gasteiger partial charge in [0.05, 0.1) is 18.3 Å². The Bertz CT molecular complexity index is 1070. The van der Waals surface area contributed by atoms with E-state index in [0.717, 1.165) is 27.3 Å². The molecule has 0 saturated carbocycles. The average Bonchev–Trinajstić information content (AvgIpc) is 3.15. The van der Waals surface area contributed by atoms with Crippen molar-refractivity contribution in [2.45, 2.75) is 19.4 Å². The highest BCUT2D eigenvalue weighted by molar-refractivity contribution is 7.20. The monoisotopic (exact) mass is 385 g/mol. The molecule has 1 aliphatic carbocycles. The second-order valence-electron chi connectivity index (χ2n) is 6.26. The first kappa shape index (κ1) is 17.2. The molecule has 0 aliphatic heterocycles. The van der Waals surface area contributed by atoms with E-state index >= 15 is 0 Å². The smallest absolute Gasteiger partial charge is 0.317 e. The third kappa shape index (κ3) is 3.06. The van der Waals surface area contributed by atoms with Crippen molar-refractivity contribution in [1.82, 2.24) is 9.78 Å². The standard InChI is InChI=1S/C18H16FN5O2S/c19-10-3-1-2-9(6-10)8-24-13-5-4-11-14(16(20)25)17(23-18(21)26)27-15(11)12(13)7-22-24/h1-3,6-7H,4-5,8H2,(H2,20,25)(H3,21,23,26). The predicted molar refractivity (Wildman–Crippen MR) is 100 cm³/mol. The molecule has 2 aromatic heterocycles. The van der Waals surface area contributed by atoms with Gasteiger partial charge < -0.3 is 11.5 Å². The molecule has 0 bridgehead atoms. The number of carbonyl (C=O) groups excluding carboxylic acids is 2. The summed E-state index contributed by atoms with van der Waals surface area (Å²) in [5.74, 6) is -0.894. The molecule has 0 saturated heterocycles. The first-order valence-electron chi connectivity index (χ1n) is 8.25. The fraction of sp³-hybridized carbons (Fsp3) is 0.167. The number of amides is 3.